The van der Waals surface area contributed by atoms with Crippen LogP contribution in [0.4, 0.5) is 0 Å². The molecule has 1 heterocycles. The smallest absolute Gasteiger partial charge is 0.138 e. The van der Waals surface area contributed by atoms with E-state index in [9.17, 15) is 0 Å². The van der Waals surface area contributed by atoms with Gasteiger partial charge < -0.3 is 5.73 Å². The van der Waals surface area contributed by atoms with Gasteiger partial charge in [-0.1, -0.05) is 24.3 Å². The zero-order valence-corrected chi connectivity index (χ0v) is 9.93. The molecule has 3 rings (SSSR count). The molecular weight excluding hydrogens is 212 g/mol. The summed E-state index contributed by atoms with van der Waals surface area (Å²) in [5.41, 5.74) is 8.91. The van der Waals surface area contributed by atoms with E-state index in [1.807, 2.05) is 7.05 Å². The predicted octanol–water partition coefficient (Wildman–Crippen LogP) is 1.16. The van der Waals surface area contributed by atoms with Crippen molar-refractivity contribution in [1.82, 2.24) is 14.8 Å². The van der Waals surface area contributed by atoms with E-state index in [0.29, 0.717) is 0 Å². The third-order valence-electron chi connectivity index (χ3n) is 3.67. The molecule has 2 aromatic rings. The summed E-state index contributed by atoms with van der Waals surface area (Å²) in [5, 5.41) is 4.10. The minimum Gasteiger partial charge on any atom is -0.321 e. The Morgan fingerprint density at radius 2 is 2.24 bits per heavy atom. The Kier molecular flexibility index (Phi) is 2.26. The molecule has 2 N–H and O–H groups in total. The highest BCUT2D eigenvalue weighted by atomic mass is 15.3. The molecule has 4 heteroatoms. The Balaban J connectivity index is 1.96. The average molecular weight is 228 g/mol. The van der Waals surface area contributed by atoms with E-state index in [1.165, 1.54) is 11.1 Å². The third-order valence-corrected chi connectivity index (χ3v) is 3.67. The molecule has 17 heavy (non-hydrogen) atoms. The first-order valence-corrected chi connectivity index (χ1v) is 5.89. The second-order valence-electron chi connectivity index (χ2n) is 4.79. The number of aryl methyl sites for hydroxylation is 2. The lowest BCUT2D eigenvalue weighted by molar-refractivity contribution is 0.420. The van der Waals surface area contributed by atoms with Gasteiger partial charge in [0.05, 0.1) is 0 Å². The van der Waals surface area contributed by atoms with Gasteiger partial charge in [-0.2, -0.15) is 5.10 Å². The van der Waals surface area contributed by atoms with Crippen molar-refractivity contribution in [1.29, 1.82) is 0 Å². The number of rotatable bonds is 2. The fourth-order valence-electron chi connectivity index (χ4n) is 2.66. The summed E-state index contributed by atoms with van der Waals surface area (Å²) in [5.74, 6) is 0.948. The van der Waals surface area contributed by atoms with Gasteiger partial charge in [-0.25, -0.2) is 4.98 Å². The average Bonchev–Trinajstić information content (AvgIpc) is 2.87. The van der Waals surface area contributed by atoms with Crippen LogP contribution in [0.2, 0.25) is 0 Å². The third kappa shape index (κ3) is 1.65. The molecule has 0 aliphatic heterocycles. The molecule has 88 valence electrons. The van der Waals surface area contributed by atoms with Crippen molar-refractivity contribution in [3.63, 3.8) is 0 Å². The first-order chi connectivity index (χ1) is 8.19. The van der Waals surface area contributed by atoms with Gasteiger partial charge in [0.15, 0.2) is 0 Å². The van der Waals surface area contributed by atoms with Crippen LogP contribution < -0.4 is 5.73 Å². The maximum atomic E-state index is 6.55. The number of nitrogens with zero attached hydrogens (tertiary/aromatic N) is 3. The van der Waals surface area contributed by atoms with E-state index in [4.69, 9.17) is 5.73 Å². The zero-order chi connectivity index (χ0) is 11.9. The normalized spacial score (nSPS) is 22.7. The largest absolute Gasteiger partial charge is 0.321 e. The Hall–Kier alpha value is -1.68. The lowest BCUT2D eigenvalue weighted by Crippen LogP contribution is -2.37. The SMILES string of the molecule is Cn1ncnc1CC1(N)CCc2ccccc21. The molecule has 0 saturated carbocycles. The van der Waals surface area contributed by atoms with E-state index < -0.39 is 0 Å². The van der Waals surface area contributed by atoms with Crippen LogP contribution in [0.1, 0.15) is 23.4 Å². The second kappa shape index (κ2) is 3.67. The number of benzene rings is 1. The first kappa shape index (κ1) is 10.5. The van der Waals surface area contributed by atoms with Crippen LogP contribution in [0.15, 0.2) is 30.6 Å². The minimum absolute atomic E-state index is 0.280. The zero-order valence-electron chi connectivity index (χ0n) is 9.93. The highest BCUT2D eigenvalue weighted by Gasteiger charge is 2.35. The Morgan fingerprint density at radius 3 is 3.00 bits per heavy atom. The van der Waals surface area contributed by atoms with E-state index in [2.05, 4.69) is 34.3 Å². The van der Waals surface area contributed by atoms with Crippen LogP contribution in [0.5, 0.6) is 0 Å². The summed E-state index contributed by atoms with van der Waals surface area (Å²) >= 11 is 0. The van der Waals surface area contributed by atoms with Crippen LogP contribution >= 0.6 is 0 Å². The van der Waals surface area contributed by atoms with Crippen LogP contribution in [0.3, 0.4) is 0 Å². The molecule has 1 aromatic heterocycles. The molecular formula is C13H16N4. The van der Waals surface area contributed by atoms with Crippen molar-refractivity contribution in [3.05, 3.63) is 47.5 Å². The van der Waals surface area contributed by atoms with Gasteiger partial charge in [-0.05, 0) is 24.0 Å². The monoisotopic (exact) mass is 228 g/mol. The second-order valence-corrected chi connectivity index (χ2v) is 4.79. The molecule has 0 radical (unpaired) electrons. The van der Waals surface area contributed by atoms with Crippen molar-refractivity contribution in [2.24, 2.45) is 12.8 Å². The predicted molar refractivity (Wildman–Crippen MR) is 65.3 cm³/mol. The van der Waals surface area contributed by atoms with Gasteiger partial charge >= 0.3 is 0 Å². The van der Waals surface area contributed by atoms with E-state index in [1.54, 1.807) is 11.0 Å². The molecule has 0 bridgehead atoms. The topological polar surface area (TPSA) is 56.7 Å². The Labute approximate surface area is 100 Å². The van der Waals surface area contributed by atoms with Crippen molar-refractivity contribution in [2.75, 3.05) is 0 Å². The summed E-state index contributed by atoms with van der Waals surface area (Å²) in [6.07, 6.45) is 4.38. The molecule has 4 nitrogen and oxygen atoms in total. The maximum absolute atomic E-state index is 6.55. The number of hydrogen-bond donors (Lipinski definition) is 1. The van der Waals surface area contributed by atoms with Crippen molar-refractivity contribution >= 4 is 0 Å². The first-order valence-electron chi connectivity index (χ1n) is 5.89. The number of nitrogens with two attached hydrogens (primary N) is 1. The molecule has 1 aliphatic carbocycles. The fourth-order valence-corrected chi connectivity index (χ4v) is 2.66. The quantitative estimate of drug-likeness (QED) is 0.839. The van der Waals surface area contributed by atoms with Gasteiger partial charge in [-0.3, -0.25) is 4.68 Å². The minimum atomic E-state index is -0.280. The molecule has 0 spiro atoms. The summed E-state index contributed by atoms with van der Waals surface area (Å²) in [6.45, 7) is 0. The molecule has 1 unspecified atom stereocenters. The van der Waals surface area contributed by atoms with E-state index in [0.717, 1.165) is 25.1 Å². The van der Waals surface area contributed by atoms with E-state index in [-0.39, 0.29) is 5.54 Å². The van der Waals surface area contributed by atoms with Crippen molar-refractivity contribution in [2.45, 2.75) is 24.8 Å². The maximum Gasteiger partial charge on any atom is 0.138 e. The highest BCUT2D eigenvalue weighted by molar-refractivity contribution is 5.39. The van der Waals surface area contributed by atoms with E-state index >= 15 is 0 Å². The van der Waals surface area contributed by atoms with Gasteiger partial charge in [0.25, 0.3) is 0 Å². The Morgan fingerprint density at radius 1 is 1.41 bits per heavy atom. The molecule has 1 aromatic carbocycles. The van der Waals surface area contributed by atoms with Crippen molar-refractivity contribution in [3.8, 4) is 0 Å². The number of hydrogen-bond acceptors (Lipinski definition) is 3. The number of aromatic nitrogens is 3. The van der Waals surface area contributed by atoms with Crippen LogP contribution in [0.25, 0.3) is 0 Å². The van der Waals surface area contributed by atoms with Gasteiger partial charge in [-0.15, -0.1) is 0 Å². The van der Waals surface area contributed by atoms with Crippen LogP contribution in [-0.4, -0.2) is 14.8 Å². The summed E-state index contributed by atoms with van der Waals surface area (Å²) in [6, 6.07) is 8.44. The standard InChI is InChI=1S/C13H16N4/c1-17-12(15-9-16-17)8-13(14)7-6-10-4-2-3-5-11(10)13/h2-5,9H,6-8,14H2,1H3. The lowest BCUT2D eigenvalue weighted by Gasteiger charge is -2.24. The highest BCUT2D eigenvalue weighted by Crippen LogP contribution is 2.36. The molecule has 1 aliphatic rings. The van der Waals surface area contributed by atoms with Crippen LogP contribution in [-0.2, 0) is 25.4 Å². The molecule has 1 atom stereocenters. The molecule has 0 saturated heterocycles. The molecule has 0 fully saturated rings. The fraction of sp³-hybridized carbons (Fsp3) is 0.385. The number of fused-ring (bicyclic) bond motifs is 1. The van der Waals surface area contributed by atoms with Gasteiger partial charge in [0.2, 0.25) is 0 Å². The van der Waals surface area contributed by atoms with Crippen LogP contribution in [0, 0.1) is 0 Å². The molecule has 0 amide bonds. The van der Waals surface area contributed by atoms with Gasteiger partial charge in [0, 0.05) is 19.0 Å². The summed E-state index contributed by atoms with van der Waals surface area (Å²) < 4.78 is 1.80. The van der Waals surface area contributed by atoms with Gasteiger partial charge in [0.1, 0.15) is 12.2 Å². The lowest BCUT2D eigenvalue weighted by atomic mass is 9.89. The van der Waals surface area contributed by atoms with Crippen molar-refractivity contribution < 1.29 is 0 Å². The Bertz CT molecular complexity index is 546. The summed E-state index contributed by atoms with van der Waals surface area (Å²) in [7, 11) is 1.91. The summed E-state index contributed by atoms with van der Waals surface area (Å²) in [4.78, 5) is 4.27.